The maximum absolute atomic E-state index is 11.8. The Morgan fingerprint density at radius 3 is 2.89 bits per heavy atom. The zero-order valence-electron chi connectivity index (χ0n) is 10.0. The highest BCUT2D eigenvalue weighted by atomic mass is 35.5. The number of aromatic nitrogens is 2. The van der Waals surface area contributed by atoms with Crippen LogP contribution in [-0.4, -0.2) is 15.9 Å². The van der Waals surface area contributed by atoms with Crippen LogP contribution in [0.5, 0.6) is 0 Å². The highest BCUT2D eigenvalue weighted by Crippen LogP contribution is 2.13. The molecule has 0 aliphatic heterocycles. The highest BCUT2D eigenvalue weighted by Gasteiger charge is 2.12. The summed E-state index contributed by atoms with van der Waals surface area (Å²) in [5, 5.41) is 3.04. The second kappa shape index (κ2) is 5.18. The summed E-state index contributed by atoms with van der Waals surface area (Å²) in [6.45, 7) is 3.90. The van der Waals surface area contributed by atoms with E-state index in [9.17, 15) is 4.79 Å². The first-order valence-corrected chi connectivity index (χ1v) is 5.76. The molecule has 0 saturated heterocycles. The van der Waals surface area contributed by atoms with E-state index in [4.69, 9.17) is 16.0 Å². The number of hydrogen-bond acceptors (Lipinski definition) is 4. The molecule has 5 nitrogen and oxygen atoms in total. The van der Waals surface area contributed by atoms with Crippen molar-refractivity contribution in [2.24, 2.45) is 0 Å². The fourth-order valence-electron chi connectivity index (χ4n) is 1.41. The molecule has 0 aliphatic rings. The Labute approximate surface area is 109 Å². The van der Waals surface area contributed by atoms with Crippen LogP contribution in [-0.2, 0) is 6.54 Å². The van der Waals surface area contributed by atoms with Gasteiger partial charge in [0.25, 0.3) is 5.91 Å². The second-order valence-electron chi connectivity index (χ2n) is 3.79. The van der Waals surface area contributed by atoms with E-state index in [1.54, 1.807) is 6.07 Å². The molecule has 0 fully saturated rings. The van der Waals surface area contributed by atoms with Gasteiger partial charge in [0.15, 0.2) is 0 Å². The van der Waals surface area contributed by atoms with Gasteiger partial charge in [-0.1, -0.05) is 11.6 Å². The summed E-state index contributed by atoms with van der Waals surface area (Å²) in [6, 6.07) is 1.57. The number of amides is 1. The van der Waals surface area contributed by atoms with Crippen LogP contribution in [0.4, 0.5) is 0 Å². The maximum Gasteiger partial charge on any atom is 0.254 e. The maximum atomic E-state index is 11.8. The summed E-state index contributed by atoms with van der Waals surface area (Å²) in [5.74, 6) is 0.915. The summed E-state index contributed by atoms with van der Waals surface area (Å²) in [7, 11) is 0. The molecule has 0 aliphatic carbocycles. The lowest BCUT2D eigenvalue weighted by atomic mass is 10.2. The zero-order chi connectivity index (χ0) is 13.1. The molecular weight excluding hydrogens is 254 g/mol. The fraction of sp³-hybridized carbons (Fsp3) is 0.250. The van der Waals surface area contributed by atoms with Crippen molar-refractivity contribution >= 4 is 17.5 Å². The molecule has 1 amide bonds. The second-order valence-corrected chi connectivity index (χ2v) is 4.19. The molecule has 2 rings (SSSR count). The molecule has 0 radical (unpaired) electrons. The summed E-state index contributed by atoms with van der Waals surface area (Å²) in [5.41, 5.74) is 1.15. The van der Waals surface area contributed by atoms with Gasteiger partial charge in [0.1, 0.15) is 5.76 Å². The molecule has 2 heterocycles. The van der Waals surface area contributed by atoms with Gasteiger partial charge >= 0.3 is 0 Å². The van der Waals surface area contributed by atoms with Gasteiger partial charge in [-0.15, -0.1) is 0 Å². The average Bonchev–Trinajstić information content (AvgIpc) is 2.66. The van der Waals surface area contributed by atoms with Gasteiger partial charge in [-0.25, -0.2) is 4.98 Å². The van der Waals surface area contributed by atoms with Crippen LogP contribution in [0.15, 0.2) is 22.9 Å². The van der Waals surface area contributed by atoms with Gasteiger partial charge < -0.3 is 9.73 Å². The van der Waals surface area contributed by atoms with E-state index in [-0.39, 0.29) is 12.5 Å². The predicted molar refractivity (Wildman–Crippen MR) is 66.4 cm³/mol. The molecule has 0 saturated carbocycles. The Bertz CT molecular complexity index is 561. The smallest absolute Gasteiger partial charge is 0.254 e. The van der Waals surface area contributed by atoms with Crippen LogP contribution < -0.4 is 5.32 Å². The van der Waals surface area contributed by atoms with E-state index < -0.39 is 0 Å². The van der Waals surface area contributed by atoms with Crippen LogP contribution >= 0.6 is 11.6 Å². The highest BCUT2D eigenvalue weighted by molar-refractivity contribution is 6.33. The number of aryl methyl sites for hydroxylation is 2. The molecule has 2 aromatic rings. The van der Waals surface area contributed by atoms with Gasteiger partial charge in [-0.2, -0.15) is 0 Å². The van der Waals surface area contributed by atoms with E-state index in [1.807, 2.05) is 13.8 Å². The van der Waals surface area contributed by atoms with Crippen molar-refractivity contribution in [1.29, 1.82) is 0 Å². The molecular formula is C12H12ClN3O2. The van der Waals surface area contributed by atoms with Crippen molar-refractivity contribution in [3.05, 3.63) is 46.4 Å². The lowest BCUT2D eigenvalue weighted by Gasteiger charge is -2.03. The van der Waals surface area contributed by atoms with E-state index in [1.165, 1.54) is 12.4 Å². The molecule has 6 heteroatoms. The molecule has 0 atom stereocenters. The molecule has 0 unspecified atom stereocenters. The Morgan fingerprint density at radius 1 is 1.50 bits per heavy atom. The quantitative estimate of drug-likeness (QED) is 0.924. The minimum atomic E-state index is -0.304. The fourth-order valence-corrected chi connectivity index (χ4v) is 1.60. The van der Waals surface area contributed by atoms with Crippen molar-refractivity contribution in [3.8, 4) is 0 Å². The summed E-state index contributed by atoms with van der Waals surface area (Å²) >= 11 is 5.89. The number of pyridine rings is 1. The van der Waals surface area contributed by atoms with Gasteiger partial charge in [-0.3, -0.25) is 9.78 Å². The van der Waals surface area contributed by atoms with Gasteiger partial charge in [0.05, 0.1) is 22.8 Å². The van der Waals surface area contributed by atoms with Crippen molar-refractivity contribution in [1.82, 2.24) is 15.3 Å². The van der Waals surface area contributed by atoms with Crippen molar-refractivity contribution in [2.45, 2.75) is 20.4 Å². The molecule has 1 N–H and O–H groups in total. The molecule has 18 heavy (non-hydrogen) atoms. The van der Waals surface area contributed by atoms with E-state index >= 15 is 0 Å². The third-order valence-corrected chi connectivity index (χ3v) is 2.82. The van der Waals surface area contributed by atoms with Crippen molar-refractivity contribution < 1.29 is 9.21 Å². The van der Waals surface area contributed by atoms with Crippen molar-refractivity contribution in [2.75, 3.05) is 0 Å². The minimum Gasteiger partial charge on any atom is -0.444 e. The zero-order valence-corrected chi connectivity index (χ0v) is 10.8. The van der Waals surface area contributed by atoms with Crippen LogP contribution in [0.25, 0.3) is 0 Å². The minimum absolute atomic E-state index is 0.221. The third-order valence-electron chi connectivity index (χ3n) is 2.49. The van der Waals surface area contributed by atoms with Gasteiger partial charge in [0, 0.05) is 12.4 Å². The monoisotopic (exact) mass is 265 g/mol. The summed E-state index contributed by atoms with van der Waals surface area (Å²) in [6.07, 6.45) is 2.95. The number of hydrogen-bond donors (Lipinski definition) is 1. The van der Waals surface area contributed by atoms with Gasteiger partial charge in [0.2, 0.25) is 5.89 Å². The topological polar surface area (TPSA) is 68.0 Å². The Morgan fingerprint density at radius 2 is 2.28 bits per heavy atom. The predicted octanol–water partition coefficient (Wildman–Crippen LogP) is 2.27. The molecule has 2 aromatic heterocycles. The Hall–Kier alpha value is -1.88. The number of nitrogens with one attached hydrogen (secondary N) is 1. The van der Waals surface area contributed by atoms with E-state index in [0.29, 0.717) is 16.5 Å². The first-order chi connectivity index (χ1) is 8.58. The summed E-state index contributed by atoms with van der Waals surface area (Å²) in [4.78, 5) is 19.8. The first-order valence-electron chi connectivity index (χ1n) is 5.38. The van der Waals surface area contributed by atoms with Crippen LogP contribution in [0, 0.1) is 13.8 Å². The number of halogens is 1. The Kier molecular flexibility index (Phi) is 3.62. The SMILES string of the molecule is Cc1nc(CNC(=O)c2cnccc2Cl)oc1C. The molecule has 0 spiro atoms. The third kappa shape index (κ3) is 2.68. The van der Waals surface area contributed by atoms with Gasteiger partial charge in [-0.05, 0) is 19.9 Å². The lowest BCUT2D eigenvalue weighted by Crippen LogP contribution is -2.23. The molecule has 0 aromatic carbocycles. The number of rotatable bonds is 3. The van der Waals surface area contributed by atoms with Crippen LogP contribution in [0.2, 0.25) is 5.02 Å². The van der Waals surface area contributed by atoms with E-state index in [0.717, 1.165) is 11.5 Å². The largest absolute Gasteiger partial charge is 0.444 e. The van der Waals surface area contributed by atoms with Crippen LogP contribution in [0.1, 0.15) is 27.7 Å². The number of nitrogens with zero attached hydrogens (tertiary/aromatic N) is 2. The number of oxazole rings is 1. The average molecular weight is 266 g/mol. The molecule has 0 bridgehead atoms. The summed E-state index contributed by atoms with van der Waals surface area (Å²) < 4.78 is 5.36. The first kappa shape index (κ1) is 12.6. The lowest BCUT2D eigenvalue weighted by molar-refractivity contribution is 0.0947. The normalized spacial score (nSPS) is 10.4. The molecule has 94 valence electrons. The van der Waals surface area contributed by atoms with Crippen LogP contribution in [0.3, 0.4) is 0 Å². The number of carbonyl (C=O) groups is 1. The standard InChI is InChI=1S/C12H12ClN3O2/c1-7-8(2)18-11(16-7)6-15-12(17)9-5-14-4-3-10(9)13/h3-5H,6H2,1-2H3,(H,15,17). The van der Waals surface area contributed by atoms with Crippen molar-refractivity contribution in [3.63, 3.8) is 0 Å². The van der Waals surface area contributed by atoms with E-state index in [2.05, 4.69) is 15.3 Å². The number of carbonyl (C=O) groups excluding carboxylic acids is 1. The Balaban J connectivity index is 2.03.